The number of nitrogens with zero attached hydrogens (tertiary/aromatic N) is 2. The van der Waals surface area contributed by atoms with Gasteiger partial charge in [-0.05, 0) is 81.2 Å². The van der Waals surface area contributed by atoms with E-state index in [4.69, 9.17) is 9.40 Å². The molecule has 1 aromatic heterocycles. The van der Waals surface area contributed by atoms with E-state index in [-0.39, 0.29) is 5.41 Å². The van der Waals surface area contributed by atoms with Gasteiger partial charge in [0, 0.05) is 27.7 Å². The molecule has 0 spiro atoms. The van der Waals surface area contributed by atoms with Crippen LogP contribution in [0.1, 0.15) is 25.0 Å². The van der Waals surface area contributed by atoms with Gasteiger partial charge in [0.15, 0.2) is 5.58 Å². The lowest BCUT2D eigenvalue weighted by Crippen LogP contribution is -2.15. The van der Waals surface area contributed by atoms with Gasteiger partial charge < -0.3 is 9.32 Å². The van der Waals surface area contributed by atoms with Crippen LogP contribution in [0.3, 0.4) is 0 Å². The first-order valence-electron chi connectivity index (χ1n) is 16.1. The van der Waals surface area contributed by atoms with Gasteiger partial charge in [0.05, 0.1) is 5.69 Å². The molecule has 3 nitrogen and oxygen atoms in total. The van der Waals surface area contributed by atoms with Gasteiger partial charge in [-0.3, -0.25) is 0 Å². The molecule has 0 fully saturated rings. The first kappa shape index (κ1) is 27.4. The molecule has 1 aliphatic rings. The van der Waals surface area contributed by atoms with E-state index in [1.807, 2.05) is 30.3 Å². The molecule has 0 saturated heterocycles. The fourth-order valence-electron chi connectivity index (χ4n) is 7.31. The first-order valence-corrected chi connectivity index (χ1v) is 16.1. The largest absolute Gasteiger partial charge is 0.434 e. The van der Waals surface area contributed by atoms with E-state index < -0.39 is 0 Å². The summed E-state index contributed by atoms with van der Waals surface area (Å²) < 4.78 is 6.74. The lowest BCUT2D eigenvalue weighted by atomic mass is 9.82. The van der Waals surface area contributed by atoms with Crippen LogP contribution >= 0.6 is 0 Å². The van der Waals surface area contributed by atoms with Gasteiger partial charge >= 0.3 is 0 Å². The number of benzene rings is 7. The number of fused-ring (bicyclic) bond motifs is 6. The maximum atomic E-state index is 6.74. The molecule has 3 heteroatoms. The molecule has 0 atom stereocenters. The summed E-state index contributed by atoms with van der Waals surface area (Å²) in [7, 11) is 0. The Morgan fingerprint density at radius 3 is 1.94 bits per heavy atom. The average molecular weight is 605 g/mol. The molecule has 0 unspecified atom stereocenters. The molecule has 0 amide bonds. The Morgan fingerprint density at radius 2 is 1.15 bits per heavy atom. The summed E-state index contributed by atoms with van der Waals surface area (Å²) in [5.74, 6) is 0.613. The van der Waals surface area contributed by atoms with Crippen LogP contribution in [0.2, 0.25) is 0 Å². The molecule has 0 radical (unpaired) electrons. The van der Waals surface area contributed by atoms with Crippen LogP contribution < -0.4 is 4.90 Å². The maximum Gasteiger partial charge on any atom is 0.227 e. The summed E-state index contributed by atoms with van der Waals surface area (Å²) in [4.78, 5) is 7.44. The second-order valence-electron chi connectivity index (χ2n) is 12.8. The number of anilines is 3. The van der Waals surface area contributed by atoms with E-state index in [0.717, 1.165) is 44.5 Å². The number of hydrogen-bond donors (Lipinski definition) is 0. The molecule has 0 aliphatic heterocycles. The van der Waals surface area contributed by atoms with Crippen LogP contribution in [0.15, 0.2) is 162 Å². The predicted molar refractivity (Wildman–Crippen MR) is 195 cm³/mol. The highest BCUT2D eigenvalue weighted by atomic mass is 16.3. The van der Waals surface area contributed by atoms with Gasteiger partial charge in [-0.2, -0.15) is 0 Å². The van der Waals surface area contributed by atoms with Crippen LogP contribution in [0.5, 0.6) is 0 Å². The summed E-state index contributed by atoms with van der Waals surface area (Å²) in [5.41, 5.74) is 13.2. The van der Waals surface area contributed by atoms with Crippen molar-refractivity contribution in [1.29, 1.82) is 0 Å². The van der Waals surface area contributed by atoms with Crippen molar-refractivity contribution in [2.24, 2.45) is 0 Å². The van der Waals surface area contributed by atoms with Crippen LogP contribution in [-0.2, 0) is 5.41 Å². The molecular weight excluding hydrogens is 572 g/mol. The summed E-state index contributed by atoms with van der Waals surface area (Å²) in [5, 5.41) is 2.18. The molecule has 1 aliphatic carbocycles. The first-order chi connectivity index (χ1) is 23.1. The predicted octanol–water partition coefficient (Wildman–Crippen LogP) is 12.1. The minimum atomic E-state index is -0.0711. The minimum absolute atomic E-state index is 0.0711. The zero-order chi connectivity index (χ0) is 31.5. The monoisotopic (exact) mass is 604 g/mol. The third kappa shape index (κ3) is 4.39. The van der Waals surface area contributed by atoms with Gasteiger partial charge in [0.25, 0.3) is 0 Å². The van der Waals surface area contributed by atoms with E-state index >= 15 is 0 Å². The maximum absolute atomic E-state index is 6.74. The van der Waals surface area contributed by atoms with Crippen LogP contribution in [0.25, 0.3) is 55.6 Å². The second-order valence-corrected chi connectivity index (χ2v) is 12.8. The van der Waals surface area contributed by atoms with Crippen molar-refractivity contribution in [2.45, 2.75) is 19.3 Å². The molecule has 0 saturated carbocycles. The van der Waals surface area contributed by atoms with Crippen molar-refractivity contribution >= 4 is 38.9 Å². The van der Waals surface area contributed by atoms with Gasteiger partial charge in [-0.15, -0.1) is 0 Å². The smallest absolute Gasteiger partial charge is 0.227 e. The number of aromatic nitrogens is 1. The highest BCUT2D eigenvalue weighted by Gasteiger charge is 2.35. The molecular formula is C44H32N2O. The summed E-state index contributed by atoms with van der Waals surface area (Å²) in [6, 6.07) is 55.9. The van der Waals surface area contributed by atoms with E-state index in [9.17, 15) is 0 Å². The molecule has 8 aromatic rings. The normalized spacial score (nSPS) is 13.1. The molecule has 47 heavy (non-hydrogen) atoms. The van der Waals surface area contributed by atoms with Crippen LogP contribution in [-0.4, -0.2) is 4.98 Å². The molecule has 0 bridgehead atoms. The van der Waals surface area contributed by atoms with Crippen LogP contribution in [0.4, 0.5) is 17.1 Å². The van der Waals surface area contributed by atoms with Crippen molar-refractivity contribution in [2.75, 3.05) is 4.90 Å². The van der Waals surface area contributed by atoms with E-state index in [1.54, 1.807) is 0 Å². The standard InChI is InChI=1S/C44H32N2O/c1-44(2)38-20-12-11-19-36(38)37-28-34(25-26-39(37)44)46(33-23-21-30(22-24-33)29-13-5-3-6-14-29)40-27-32-17-9-10-18-35(32)41-42(40)47-43(45-41)31-15-7-4-8-16-31/h3-28H,1-2H3. The highest BCUT2D eigenvalue weighted by molar-refractivity contribution is 6.11. The van der Waals surface area contributed by atoms with E-state index in [2.05, 4.69) is 146 Å². The number of hydrogen-bond acceptors (Lipinski definition) is 3. The number of oxazole rings is 1. The SMILES string of the molecule is CC1(C)c2ccccc2-c2cc(N(c3ccc(-c4ccccc4)cc3)c3cc4ccccc4c4nc(-c5ccccc5)oc34)ccc21. The van der Waals surface area contributed by atoms with Gasteiger partial charge in [-0.1, -0.05) is 129 Å². The van der Waals surface area contributed by atoms with Gasteiger partial charge in [0.1, 0.15) is 5.52 Å². The van der Waals surface area contributed by atoms with Gasteiger partial charge in [-0.25, -0.2) is 4.98 Å². The summed E-state index contributed by atoms with van der Waals surface area (Å²) >= 11 is 0. The molecule has 1 heterocycles. The Morgan fingerprint density at radius 1 is 0.532 bits per heavy atom. The fraction of sp³-hybridized carbons (Fsp3) is 0.0682. The van der Waals surface area contributed by atoms with Crippen molar-refractivity contribution in [3.63, 3.8) is 0 Å². The van der Waals surface area contributed by atoms with Crippen molar-refractivity contribution in [3.8, 4) is 33.7 Å². The lowest BCUT2D eigenvalue weighted by molar-refractivity contribution is 0.620. The van der Waals surface area contributed by atoms with Crippen LogP contribution in [0, 0.1) is 0 Å². The van der Waals surface area contributed by atoms with Crippen molar-refractivity contribution < 1.29 is 4.42 Å². The van der Waals surface area contributed by atoms with E-state index in [1.165, 1.54) is 33.4 Å². The molecule has 9 rings (SSSR count). The third-order valence-electron chi connectivity index (χ3n) is 9.69. The minimum Gasteiger partial charge on any atom is -0.434 e. The number of rotatable bonds is 5. The lowest BCUT2D eigenvalue weighted by Gasteiger charge is -2.27. The summed E-state index contributed by atoms with van der Waals surface area (Å²) in [6.07, 6.45) is 0. The zero-order valence-electron chi connectivity index (χ0n) is 26.3. The molecule has 0 N–H and O–H groups in total. The Labute approximate surface area is 274 Å². The Bertz CT molecular complexity index is 2420. The molecule has 224 valence electrons. The Balaban J connectivity index is 1.30. The zero-order valence-corrected chi connectivity index (χ0v) is 26.3. The molecule has 7 aromatic carbocycles. The highest BCUT2D eigenvalue weighted by Crippen LogP contribution is 2.51. The second kappa shape index (κ2) is 10.6. The van der Waals surface area contributed by atoms with Crippen molar-refractivity contribution in [1.82, 2.24) is 4.98 Å². The third-order valence-corrected chi connectivity index (χ3v) is 9.69. The van der Waals surface area contributed by atoms with Crippen molar-refractivity contribution in [3.05, 3.63) is 169 Å². The fourth-order valence-corrected chi connectivity index (χ4v) is 7.31. The Kier molecular flexibility index (Phi) is 6.16. The summed E-state index contributed by atoms with van der Waals surface area (Å²) in [6.45, 7) is 4.65. The van der Waals surface area contributed by atoms with E-state index in [0.29, 0.717) is 5.89 Å². The average Bonchev–Trinajstić information content (AvgIpc) is 3.68. The Hall–Kier alpha value is -5.93. The topological polar surface area (TPSA) is 29.3 Å². The quantitative estimate of drug-likeness (QED) is 0.196. The van der Waals surface area contributed by atoms with Gasteiger partial charge in [0.2, 0.25) is 5.89 Å².